The Labute approximate surface area is 65.2 Å². The van der Waals surface area contributed by atoms with Crippen LogP contribution in [0.5, 0.6) is 0 Å². The Morgan fingerprint density at radius 2 is 1.91 bits per heavy atom. The fraction of sp³-hybridized carbons (Fsp3) is 0.857. The van der Waals surface area contributed by atoms with Gasteiger partial charge in [0.05, 0.1) is 6.42 Å². The van der Waals surface area contributed by atoms with Crippen LogP contribution < -0.4 is 0 Å². The summed E-state index contributed by atoms with van der Waals surface area (Å²) in [7, 11) is 0. The van der Waals surface area contributed by atoms with Gasteiger partial charge in [-0.25, -0.2) is 0 Å². The standard InChI is InChI=1S/C7H13F3N/c1-3-11(4-2)6-5-7(8,9)10/h3H,4-6H2,1-2H3. The molecule has 0 atom stereocenters. The highest BCUT2D eigenvalue weighted by Crippen LogP contribution is 2.19. The molecule has 0 amide bonds. The van der Waals surface area contributed by atoms with Gasteiger partial charge in [-0.3, -0.25) is 4.90 Å². The fourth-order valence-corrected chi connectivity index (χ4v) is 0.740. The summed E-state index contributed by atoms with van der Waals surface area (Å²) in [6, 6.07) is 0. The predicted molar refractivity (Wildman–Crippen MR) is 37.9 cm³/mol. The van der Waals surface area contributed by atoms with E-state index in [0.717, 1.165) is 0 Å². The molecule has 0 spiro atoms. The van der Waals surface area contributed by atoms with Crippen molar-refractivity contribution in [1.29, 1.82) is 0 Å². The highest BCUT2D eigenvalue weighted by molar-refractivity contribution is 4.63. The average Bonchev–Trinajstić information content (AvgIpc) is 1.88. The largest absolute Gasteiger partial charge is 0.390 e. The number of nitrogens with zero attached hydrogens (tertiary/aromatic N) is 1. The van der Waals surface area contributed by atoms with E-state index >= 15 is 0 Å². The van der Waals surface area contributed by atoms with Gasteiger partial charge in [-0.15, -0.1) is 0 Å². The first-order chi connectivity index (χ1) is 4.99. The van der Waals surface area contributed by atoms with Crippen molar-refractivity contribution in [2.24, 2.45) is 0 Å². The van der Waals surface area contributed by atoms with Crippen molar-refractivity contribution >= 4 is 0 Å². The molecule has 0 bridgehead atoms. The summed E-state index contributed by atoms with van der Waals surface area (Å²) >= 11 is 0. The van der Waals surface area contributed by atoms with E-state index in [1.165, 1.54) is 0 Å². The van der Waals surface area contributed by atoms with Crippen molar-refractivity contribution < 1.29 is 13.2 Å². The molecule has 0 rings (SSSR count). The molecule has 4 heteroatoms. The van der Waals surface area contributed by atoms with Crippen LogP contribution in [0.15, 0.2) is 0 Å². The summed E-state index contributed by atoms with van der Waals surface area (Å²) in [6.45, 7) is 5.94. The number of halogens is 3. The minimum Gasteiger partial charge on any atom is -0.299 e. The van der Waals surface area contributed by atoms with Gasteiger partial charge in [0.2, 0.25) is 0 Å². The summed E-state index contributed by atoms with van der Waals surface area (Å²) in [5.74, 6) is 0. The van der Waals surface area contributed by atoms with Crippen molar-refractivity contribution in [1.82, 2.24) is 4.90 Å². The molecule has 0 saturated heterocycles. The lowest BCUT2D eigenvalue weighted by Gasteiger charge is -2.17. The number of hydrogen-bond acceptors (Lipinski definition) is 1. The van der Waals surface area contributed by atoms with Crippen LogP contribution in [-0.2, 0) is 0 Å². The lowest BCUT2D eigenvalue weighted by molar-refractivity contribution is -0.137. The first kappa shape index (κ1) is 10.8. The summed E-state index contributed by atoms with van der Waals surface area (Å²) in [5.41, 5.74) is 0. The Bertz CT molecular complexity index is 96.3. The van der Waals surface area contributed by atoms with Crippen molar-refractivity contribution in [3.63, 3.8) is 0 Å². The van der Waals surface area contributed by atoms with Crippen molar-refractivity contribution in [3.05, 3.63) is 6.54 Å². The zero-order valence-electron chi connectivity index (χ0n) is 6.78. The molecule has 0 saturated carbocycles. The topological polar surface area (TPSA) is 3.24 Å². The summed E-state index contributed by atoms with van der Waals surface area (Å²) in [6.07, 6.45) is -4.76. The Morgan fingerprint density at radius 1 is 1.36 bits per heavy atom. The number of hydrogen-bond donors (Lipinski definition) is 0. The highest BCUT2D eigenvalue weighted by atomic mass is 19.4. The number of alkyl halides is 3. The SMILES string of the molecule is C[CH]N(CC)CCC(F)(F)F. The van der Waals surface area contributed by atoms with Crippen molar-refractivity contribution in [2.75, 3.05) is 13.1 Å². The lowest BCUT2D eigenvalue weighted by atomic mass is 10.3. The zero-order chi connectivity index (χ0) is 8.91. The van der Waals surface area contributed by atoms with E-state index in [1.54, 1.807) is 18.4 Å². The molecule has 0 heterocycles. The Kier molecular flexibility index (Phi) is 4.49. The van der Waals surface area contributed by atoms with Gasteiger partial charge in [-0.05, 0) is 13.5 Å². The van der Waals surface area contributed by atoms with Gasteiger partial charge in [0, 0.05) is 13.1 Å². The second-order valence-corrected chi connectivity index (χ2v) is 2.25. The van der Waals surface area contributed by atoms with Crippen LogP contribution in [0, 0.1) is 6.54 Å². The molecular formula is C7H13F3N. The van der Waals surface area contributed by atoms with Crippen molar-refractivity contribution in [2.45, 2.75) is 26.4 Å². The van der Waals surface area contributed by atoms with Gasteiger partial charge >= 0.3 is 6.18 Å². The monoisotopic (exact) mass is 168 g/mol. The smallest absolute Gasteiger partial charge is 0.299 e. The molecule has 1 nitrogen and oxygen atoms in total. The molecule has 0 aromatic carbocycles. The molecule has 0 unspecified atom stereocenters. The van der Waals surface area contributed by atoms with E-state index in [9.17, 15) is 13.2 Å². The molecule has 0 aliphatic carbocycles. The molecule has 0 fully saturated rings. The van der Waals surface area contributed by atoms with Crippen LogP contribution >= 0.6 is 0 Å². The van der Waals surface area contributed by atoms with Crippen LogP contribution in [0.2, 0.25) is 0 Å². The Morgan fingerprint density at radius 3 is 2.18 bits per heavy atom. The van der Waals surface area contributed by atoms with Crippen molar-refractivity contribution in [3.8, 4) is 0 Å². The third kappa shape index (κ3) is 6.16. The summed E-state index contributed by atoms with van der Waals surface area (Å²) in [5, 5.41) is 0. The minimum absolute atomic E-state index is 0.0660. The molecular weight excluding hydrogens is 155 g/mol. The molecule has 67 valence electrons. The Balaban J connectivity index is 3.51. The van der Waals surface area contributed by atoms with Crippen LogP contribution in [0.4, 0.5) is 13.2 Å². The Hall–Kier alpha value is -0.250. The van der Waals surface area contributed by atoms with Gasteiger partial charge in [0.25, 0.3) is 0 Å². The third-order valence-electron chi connectivity index (χ3n) is 1.45. The normalized spacial score (nSPS) is 12.5. The molecule has 11 heavy (non-hydrogen) atoms. The van der Waals surface area contributed by atoms with Crippen LogP contribution in [-0.4, -0.2) is 24.2 Å². The molecule has 0 N–H and O–H groups in total. The first-order valence-corrected chi connectivity index (χ1v) is 3.60. The second kappa shape index (κ2) is 4.59. The molecule has 0 aliphatic heterocycles. The lowest BCUT2D eigenvalue weighted by Crippen LogP contribution is -2.24. The van der Waals surface area contributed by atoms with Gasteiger partial charge in [0.1, 0.15) is 0 Å². The fourth-order valence-electron chi connectivity index (χ4n) is 0.740. The predicted octanol–water partition coefficient (Wildman–Crippen LogP) is 2.44. The minimum atomic E-state index is -4.03. The van der Waals surface area contributed by atoms with Crippen LogP contribution in [0.1, 0.15) is 20.3 Å². The number of rotatable bonds is 4. The maximum atomic E-state index is 11.6. The van der Waals surface area contributed by atoms with Gasteiger partial charge in [0.15, 0.2) is 0 Å². The van der Waals surface area contributed by atoms with E-state index in [2.05, 4.69) is 0 Å². The van der Waals surface area contributed by atoms with E-state index in [1.807, 2.05) is 6.92 Å². The average molecular weight is 168 g/mol. The highest BCUT2D eigenvalue weighted by Gasteiger charge is 2.27. The zero-order valence-corrected chi connectivity index (χ0v) is 6.78. The van der Waals surface area contributed by atoms with Gasteiger partial charge in [-0.2, -0.15) is 13.2 Å². The summed E-state index contributed by atoms with van der Waals surface area (Å²) < 4.78 is 34.9. The molecule has 0 aliphatic rings. The van der Waals surface area contributed by atoms with Crippen LogP contribution in [0.3, 0.4) is 0 Å². The maximum Gasteiger partial charge on any atom is 0.390 e. The second-order valence-electron chi connectivity index (χ2n) is 2.25. The quantitative estimate of drug-likeness (QED) is 0.623. The van der Waals surface area contributed by atoms with E-state index in [4.69, 9.17) is 0 Å². The molecule has 1 radical (unpaired) electrons. The maximum absolute atomic E-state index is 11.6. The van der Waals surface area contributed by atoms with E-state index in [-0.39, 0.29) is 6.54 Å². The van der Waals surface area contributed by atoms with Gasteiger partial charge in [-0.1, -0.05) is 6.92 Å². The molecule has 0 aromatic heterocycles. The van der Waals surface area contributed by atoms with E-state index < -0.39 is 12.6 Å². The summed E-state index contributed by atoms with van der Waals surface area (Å²) in [4.78, 5) is 1.63. The van der Waals surface area contributed by atoms with Crippen LogP contribution in [0.25, 0.3) is 0 Å². The van der Waals surface area contributed by atoms with Gasteiger partial charge < -0.3 is 0 Å². The van der Waals surface area contributed by atoms with E-state index in [0.29, 0.717) is 6.54 Å². The first-order valence-electron chi connectivity index (χ1n) is 3.60. The molecule has 0 aromatic rings. The third-order valence-corrected chi connectivity index (χ3v) is 1.45.